The van der Waals surface area contributed by atoms with E-state index in [0.29, 0.717) is 31.7 Å². The van der Waals surface area contributed by atoms with Crippen molar-refractivity contribution in [1.82, 2.24) is 5.32 Å². The fourth-order valence-corrected chi connectivity index (χ4v) is 3.15. The molecule has 2 aromatic rings. The van der Waals surface area contributed by atoms with Gasteiger partial charge in [-0.05, 0) is 54.8 Å². The number of carbonyl (C=O) groups is 1. The van der Waals surface area contributed by atoms with Crippen LogP contribution in [0.2, 0.25) is 0 Å². The highest BCUT2D eigenvalue weighted by molar-refractivity contribution is 7.90. The van der Waals surface area contributed by atoms with Crippen LogP contribution in [0.1, 0.15) is 18.4 Å². The fraction of sp³-hybridized carbons (Fsp3) is 0.318. The molecule has 0 saturated heterocycles. The highest BCUT2D eigenvalue weighted by Gasteiger charge is 2.07. The van der Waals surface area contributed by atoms with Crippen LogP contribution in [0.15, 0.2) is 53.4 Å². The molecule has 0 bridgehead atoms. The quantitative estimate of drug-likeness (QED) is 0.451. The molecule has 0 aliphatic carbocycles. The molecule has 0 aliphatic rings. The Bertz CT molecular complexity index is 929. The van der Waals surface area contributed by atoms with Crippen molar-refractivity contribution in [3.05, 3.63) is 54.1 Å². The standard InChI is InChI=1S/C22H25NO5S/c1-3-16-27-19-8-6-18(7-9-19)14-15-23-22(24)5-4-17-28-20-10-12-21(13-11-20)29(2,25)26/h1,6-13H,4-5,14-17H2,2H3,(H,23,24). The Kier molecular flexibility index (Phi) is 8.56. The second-order valence-corrected chi connectivity index (χ2v) is 8.45. The van der Waals surface area contributed by atoms with Gasteiger partial charge in [-0.25, -0.2) is 8.42 Å². The van der Waals surface area contributed by atoms with Crippen molar-refractivity contribution in [2.75, 3.05) is 26.0 Å². The molecular formula is C22H25NO5S. The van der Waals surface area contributed by atoms with Crippen LogP contribution in [0.3, 0.4) is 0 Å². The zero-order valence-electron chi connectivity index (χ0n) is 16.4. The van der Waals surface area contributed by atoms with E-state index in [0.717, 1.165) is 24.0 Å². The molecule has 0 saturated carbocycles. The van der Waals surface area contributed by atoms with E-state index in [4.69, 9.17) is 15.9 Å². The van der Waals surface area contributed by atoms with Crippen LogP contribution >= 0.6 is 0 Å². The molecule has 0 atom stereocenters. The first-order valence-corrected chi connectivity index (χ1v) is 11.1. The smallest absolute Gasteiger partial charge is 0.220 e. The summed E-state index contributed by atoms with van der Waals surface area (Å²) in [5, 5.41) is 2.88. The van der Waals surface area contributed by atoms with E-state index < -0.39 is 9.84 Å². The number of terminal acetylenes is 1. The molecule has 0 fully saturated rings. The molecule has 0 aromatic heterocycles. The molecule has 1 N–H and O–H groups in total. The number of nitrogens with one attached hydrogen (secondary N) is 1. The Morgan fingerprint density at radius 1 is 1.03 bits per heavy atom. The van der Waals surface area contributed by atoms with Crippen LogP contribution in [-0.2, 0) is 21.1 Å². The van der Waals surface area contributed by atoms with Gasteiger partial charge >= 0.3 is 0 Å². The van der Waals surface area contributed by atoms with Crippen molar-refractivity contribution in [3.63, 3.8) is 0 Å². The second-order valence-electron chi connectivity index (χ2n) is 6.43. The molecule has 0 unspecified atom stereocenters. The molecule has 6 nitrogen and oxygen atoms in total. The first kappa shape index (κ1) is 22.3. The van der Waals surface area contributed by atoms with Crippen molar-refractivity contribution >= 4 is 15.7 Å². The summed E-state index contributed by atoms with van der Waals surface area (Å²) in [5.74, 6) is 3.68. The van der Waals surface area contributed by atoms with E-state index in [1.807, 2.05) is 24.3 Å². The van der Waals surface area contributed by atoms with Crippen molar-refractivity contribution in [1.29, 1.82) is 0 Å². The summed E-state index contributed by atoms with van der Waals surface area (Å²) >= 11 is 0. The minimum absolute atomic E-state index is 0.0324. The van der Waals surface area contributed by atoms with E-state index in [1.165, 1.54) is 12.1 Å². The molecule has 0 aliphatic heterocycles. The number of benzene rings is 2. The van der Waals surface area contributed by atoms with Crippen molar-refractivity contribution in [2.24, 2.45) is 0 Å². The Balaban J connectivity index is 1.61. The minimum atomic E-state index is -3.21. The topological polar surface area (TPSA) is 81.7 Å². The third-order valence-corrected chi connectivity index (χ3v) is 5.18. The number of amides is 1. The largest absolute Gasteiger partial charge is 0.494 e. The van der Waals surface area contributed by atoms with Crippen LogP contribution in [0.25, 0.3) is 0 Å². The lowest BCUT2D eigenvalue weighted by Gasteiger charge is -2.08. The van der Waals surface area contributed by atoms with Crippen LogP contribution in [-0.4, -0.2) is 40.3 Å². The van der Waals surface area contributed by atoms with E-state index in [-0.39, 0.29) is 17.4 Å². The lowest BCUT2D eigenvalue weighted by atomic mass is 10.1. The van der Waals surface area contributed by atoms with Gasteiger partial charge in [0.1, 0.15) is 18.1 Å². The Labute approximate surface area is 172 Å². The number of hydrogen-bond donors (Lipinski definition) is 1. The summed E-state index contributed by atoms with van der Waals surface area (Å²) in [6, 6.07) is 13.8. The Hall–Kier alpha value is -2.98. The summed E-state index contributed by atoms with van der Waals surface area (Å²) in [6.45, 7) is 1.17. The average Bonchev–Trinajstić information content (AvgIpc) is 2.70. The second kappa shape index (κ2) is 11.1. The number of rotatable bonds is 11. The molecule has 0 heterocycles. The highest BCUT2D eigenvalue weighted by Crippen LogP contribution is 2.16. The number of carbonyl (C=O) groups excluding carboxylic acids is 1. The van der Waals surface area contributed by atoms with Gasteiger partial charge in [0.05, 0.1) is 11.5 Å². The molecule has 0 spiro atoms. The van der Waals surface area contributed by atoms with Gasteiger partial charge in [-0.15, -0.1) is 6.42 Å². The van der Waals surface area contributed by atoms with Crippen molar-refractivity contribution in [3.8, 4) is 23.8 Å². The predicted molar refractivity (Wildman–Crippen MR) is 112 cm³/mol. The molecule has 29 heavy (non-hydrogen) atoms. The molecule has 0 radical (unpaired) electrons. The van der Waals surface area contributed by atoms with Gasteiger partial charge in [0, 0.05) is 19.2 Å². The normalized spacial score (nSPS) is 10.8. The predicted octanol–water partition coefficient (Wildman–Crippen LogP) is 2.62. The van der Waals surface area contributed by atoms with Gasteiger partial charge in [-0.2, -0.15) is 0 Å². The van der Waals surface area contributed by atoms with Crippen LogP contribution < -0.4 is 14.8 Å². The maximum atomic E-state index is 11.9. The molecule has 154 valence electrons. The van der Waals surface area contributed by atoms with Gasteiger partial charge in [-0.3, -0.25) is 4.79 Å². The highest BCUT2D eigenvalue weighted by atomic mass is 32.2. The van der Waals surface area contributed by atoms with Gasteiger partial charge < -0.3 is 14.8 Å². The summed E-state index contributed by atoms with van der Waals surface area (Å²) < 4.78 is 33.7. The molecule has 1 amide bonds. The summed E-state index contributed by atoms with van der Waals surface area (Å²) in [6.07, 6.45) is 7.97. The van der Waals surface area contributed by atoms with Gasteiger partial charge in [-0.1, -0.05) is 18.1 Å². The lowest BCUT2D eigenvalue weighted by Crippen LogP contribution is -2.25. The van der Waals surface area contributed by atoms with E-state index >= 15 is 0 Å². The van der Waals surface area contributed by atoms with E-state index in [2.05, 4.69) is 11.2 Å². The fourth-order valence-electron chi connectivity index (χ4n) is 2.52. The first-order chi connectivity index (χ1) is 13.9. The lowest BCUT2D eigenvalue weighted by molar-refractivity contribution is -0.121. The minimum Gasteiger partial charge on any atom is -0.494 e. The van der Waals surface area contributed by atoms with Crippen LogP contribution in [0.5, 0.6) is 11.5 Å². The summed E-state index contributed by atoms with van der Waals surface area (Å²) in [4.78, 5) is 12.1. The zero-order chi connectivity index (χ0) is 21.1. The number of sulfone groups is 1. The monoisotopic (exact) mass is 415 g/mol. The van der Waals surface area contributed by atoms with Gasteiger partial charge in [0.15, 0.2) is 9.84 Å². The Morgan fingerprint density at radius 3 is 2.28 bits per heavy atom. The molecule has 2 aromatic carbocycles. The van der Waals surface area contributed by atoms with Gasteiger partial charge in [0.25, 0.3) is 0 Å². The van der Waals surface area contributed by atoms with Gasteiger partial charge in [0.2, 0.25) is 5.91 Å². The summed E-state index contributed by atoms with van der Waals surface area (Å²) in [5.41, 5.74) is 1.10. The van der Waals surface area contributed by atoms with Crippen molar-refractivity contribution in [2.45, 2.75) is 24.2 Å². The van der Waals surface area contributed by atoms with Crippen molar-refractivity contribution < 1.29 is 22.7 Å². The maximum Gasteiger partial charge on any atom is 0.220 e. The molecular weight excluding hydrogens is 390 g/mol. The molecule has 2 rings (SSSR count). The maximum absolute atomic E-state index is 11.9. The molecule has 7 heteroatoms. The number of ether oxygens (including phenoxy) is 2. The van der Waals surface area contributed by atoms with Crippen LogP contribution in [0.4, 0.5) is 0 Å². The third-order valence-electron chi connectivity index (χ3n) is 4.05. The zero-order valence-corrected chi connectivity index (χ0v) is 17.2. The SMILES string of the molecule is C#CCOc1ccc(CCNC(=O)CCCOc2ccc(S(C)(=O)=O)cc2)cc1. The third kappa shape index (κ3) is 8.28. The van der Waals surface area contributed by atoms with E-state index in [9.17, 15) is 13.2 Å². The average molecular weight is 416 g/mol. The van der Waals surface area contributed by atoms with E-state index in [1.54, 1.807) is 12.1 Å². The first-order valence-electron chi connectivity index (χ1n) is 9.23. The van der Waals surface area contributed by atoms with Crippen LogP contribution in [0, 0.1) is 12.3 Å². The summed E-state index contributed by atoms with van der Waals surface area (Å²) in [7, 11) is -3.21. The number of hydrogen-bond acceptors (Lipinski definition) is 5. The Morgan fingerprint density at radius 2 is 1.66 bits per heavy atom.